The lowest BCUT2D eigenvalue weighted by atomic mass is 10.0. The molecule has 136 heavy (non-hydrogen) atoms. The van der Waals surface area contributed by atoms with Crippen molar-refractivity contribution in [2.24, 2.45) is 0 Å². The molecule has 0 spiro atoms. The molecule has 12 fully saturated rings. The van der Waals surface area contributed by atoms with Gasteiger partial charge in [0.25, 0.3) is 22.2 Å². The summed E-state index contributed by atoms with van der Waals surface area (Å²) in [5.74, 6) is 4.21. The van der Waals surface area contributed by atoms with Crippen LogP contribution in [0.15, 0.2) is 117 Å². The Morgan fingerprint density at radius 1 is 0.287 bits per heavy atom. The van der Waals surface area contributed by atoms with Gasteiger partial charge in [-0.15, -0.1) is 0 Å². The summed E-state index contributed by atoms with van der Waals surface area (Å²) in [6, 6.07) is 15.9. The largest absolute Gasteiger partial charge is 0.372 e. The maximum absolute atomic E-state index is 13.0. The van der Waals surface area contributed by atoms with Crippen molar-refractivity contribution in [1.29, 1.82) is 0 Å². The van der Waals surface area contributed by atoms with Crippen molar-refractivity contribution in [3.8, 4) is 0 Å². The summed E-state index contributed by atoms with van der Waals surface area (Å²) in [5, 5.41) is 28.5. The Kier molecular flexibility index (Phi) is 32.0. The molecule has 12 saturated heterocycles. The first-order chi connectivity index (χ1) is 66.0. The summed E-state index contributed by atoms with van der Waals surface area (Å²) in [7, 11) is 0. The molecule has 0 unspecified atom stereocenters. The molecule has 40 heteroatoms. The van der Waals surface area contributed by atoms with Crippen LogP contribution in [0.5, 0.6) is 0 Å². The van der Waals surface area contributed by atoms with E-state index in [-0.39, 0.29) is 119 Å². The van der Waals surface area contributed by atoms with E-state index < -0.39 is 0 Å². The predicted octanol–water partition coefficient (Wildman–Crippen LogP) is 9.53. The second kappa shape index (κ2) is 44.9. The molecular weight excluding hydrogens is 1820 g/mol. The van der Waals surface area contributed by atoms with Gasteiger partial charge < -0.3 is 77.7 Å². The highest BCUT2D eigenvalue weighted by atomic mass is 35.5. The standard InChI is InChI=1S/4C24H31ClN6O3/c4*1-16-20(15-27-28-24(16)33)31-8-2-3-19(31)21-6-5-18(34-21)13-23(32)30-11-9-29(10-12-30)22-7-4-17(25)14-26-22/h4*4,7,14-15,18-19,21H,2-3,5-6,8-13H2,1H3,(H,28,33)/t18-,19+,21+;18-,19+,21-;18-,19-,21+;18-,19-,21-/m1100/s1. The van der Waals surface area contributed by atoms with Gasteiger partial charge in [0.05, 0.1) is 166 Å². The maximum atomic E-state index is 13.0. The van der Waals surface area contributed by atoms with Gasteiger partial charge in [-0.25, -0.2) is 40.3 Å². The fourth-order valence-corrected chi connectivity index (χ4v) is 22.2. The van der Waals surface area contributed by atoms with Crippen molar-refractivity contribution < 1.29 is 38.1 Å². The molecule has 12 aliphatic rings. The van der Waals surface area contributed by atoms with Crippen LogP contribution in [0.2, 0.25) is 20.1 Å². The highest BCUT2D eigenvalue weighted by molar-refractivity contribution is 6.31. The Bertz CT molecular complexity index is 4960. The Labute approximate surface area is 810 Å². The van der Waals surface area contributed by atoms with Gasteiger partial charge in [-0.05, 0) is 179 Å². The zero-order chi connectivity index (χ0) is 94.6. The minimum atomic E-state index is -0.147. The quantitative estimate of drug-likeness (QED) is 0.0551. The first kappa shape index (κ1) is 97.1. The molecule has 12 atom stereocenters. The van der Waals surface area contributed by atoms with E-state index in [1.807, 2.05) is 95.8 Å². The monoisotopic (exact) mass is 1940 g/mol. The van der Waals surface area contributed by atoms with E-state index in [0.29, 0.717) is 120 Å². The molecule has 0 aromatic carbocycles. The van der Waals surface area contributed by atoms with Gasteiger partial charge >= 0.3 is 0 Å². The fourth-order valence-electron chi connectivity index (χ4n) is 21.8. The Morgan fingerprint density at radius 3 is 0.684 bits per heavy atom. The number of aromatic nitrogens is 12. The minimum absolute atomic E-state index is 0.0469. The molecule has 20 heterocycles. The number of halogens is 4. The van der Waals surface area contributed by atoms with Crippen molar-refractivity contribution in [2.75, 3.05) is 170 Å². The maximum Gasteiger partial charge on any atom is 0.269 e. The van der Waals surface area contributed by atoms with Gasteiger partial charge in [-0.1, -0.05) is 46.4 Å². The van der Waals surface area contributed by atoms with Gasteiger partial charge in [0.2, 0.25) is 23.6 Å². The second-order valence-electron chi connectivity index (χ2n) is 37.6. The molecule has 4 amide bonds. The van der Waals surface area contributed by atoms with E-state index in [9.17, 15) is 38.4 Å². The van der Waals surface area contributed by atoms with E-state index in [0.717, 1.165) is 227 Å². The lowest BCUT2D eigenvalue weighted by molar-refractivity contribution is -0.135. The molecule has 20 rings (SSSR count). The number of nitrogens with one attached hydrogen (secondary N) is 4. The minimum Gasteiger partial charge on any atom is -0.372 e. The Hall–Kier alpha value is -10.6. The number of ether oxygens (including phenoxy) is 4. The summed E-state index contributed by atoms with van der Waals surface area (Å²) in [5.41, 5.74) is 5.75. The van der Waals surface area contributed by atoms with E-state index >= 15 is 0 Å². The number of aromatic amines is 4. The molecule has 8 aromatic heterocycles. The van der Waals surface area contributed by atoms with E-state index in [1.54, 1.807) is 49.6 Å². The zero-order valence-corrected chi connectivity index (χ0v) is 80.8. The Balaban J connectivity index is 0.000000126. The van der Waals surface area contributed by atoms with E-state index in [1.165, 1.54) is 0 Å². The summed E-state index contributed by atoms with van der Waals surface area (Å²) in [6.45, 7) is 22.5. The number of hydrogen-bond donors (Lipinski definition) is 4. The first-order valence-corrected chi connectivity index (χ1v) is 49.9. The Morgan fingerprint density at radius 2 is 0.493 bits per heavy atom. The average molecular weight is 1950 g/mol. The highest BCUT2D eigenvalue weighted by Gasteiger charge is 2.45. The highest BCUT2D eigenvalue weighted by Crippen LogP contribution is 2.41. The van der Waals surface area contributed by atoms with Crippen LogP contribution in [0.4, 0.5) is 46.0 Å². The number of carbonyl (C=O) groups excluding carboxylic acids is 4. The van der Waals surface area contributed by atoms with Crippen LogP contribution in [0, 0.1) is 27.7 Å². The predicted molar refractivity (Wildman–Crippen MR) is 522 cm³/mol. The lowest BCUT2D eigenvalue weighted by Gasteiger charge is -2.36. The zero-order valence-electron chi connectivity index (χ0n) is 77.8. The number of carbonyl (C=O) groups is 4. The third-order valence-corrected chi connectivity index (χ3v) is 30.2. The van der Waals surface area contributed by atoms with Crippen molar-refractivity contribution in [3.63, 3.8) is 0 Å². The molecule has 0 aliphatic carbocycles. The van der Waals surface area contributed by atoms with Crippen LogP contribution in [-0.2, 0) is 38.1 Å². The number of H-pyrrole nitrogens is 4. The normalized spacial score (nSPS) is 25.2. The van der Waals surface area contributed by atoms with Gasteiger partial charge in [0.15, 0.2) is 0 Å². The number of anilines is 8. The second-order valence-corrected chi connectivity index (χ2v) is 39.3. The molecule has 728 valence electrons. The first-order valence-electron chi connectivity index (χ1n) is 48.4. The number of piperazine rings is 4. The van der Waals surface area contributed by atoms with Crippen molar-refractivity contribution in [1.82, 2.24) is 80.3 Å². The number of nitrogens with zero attached hydrogens (tertiary/aromatic N) is 20. The van der Waals surface area contributed by atoms with Crippen molar-refractivity contribution in [2.45, 2.75) is 229 Å². The van der Waals surface area contributed by atoms with Crippen LogP contribution >= 0.6 is 46.4 Å². The average Bonchev–Trinajstić information content (AvgIpc) is 1.66. The third-order valence-electron chi connectivity index (χ3n) is 29.3. The summed E-state index contributed by atoms with van der Waals surface area (Å²) >= 11 is 23.7. The molecule has 4 N–H and O–H groups in total. The molecule has 12 aliphatic heterocycles. The van der Waals surface area contributed by atoms with Gasteiger partial charge in [-0.3, -0.25) is 38.4 Å². The molecule has 0 bridgehead atoms. The number of rotatable bonds is 20. The SMILES string of the molecule is Cc1c(N2CCC[C@H]2[C@@H]2CC[C@@H](CC(=O)N3CCN(c4ccc(Cl)cn4)CC3)O2)cn[nH]c1=O.Cc1c(N2CCC[C@H]2[C@@H]2CC[C@H](CC(=O)N3CCN(c4ccc(Cl)cn4)CC3)O2)cn[nH]c1=O.Cc1c(N2CCC[C@H]2[C@H]2CC[C@@H](CC(=O)N3CCN(c4ccc(Cl)cn4)CC3)O2)cn[nH]c1=O.Cc1c(N2CCC[C@H]2[C@H]2CC[C@H](CC(=O)N3CCN(c4ccc(Cl)cn4)CC3)O2)cn[nH]c1=O. The van der Waals surface area contributed by atoms with Gasteiger partial charge in [0, 0.05) is 178 Å². The molecule has 0 radical (unpaired) electrons. The fraction of sp³-hybridized carbons (Fsp3) is 0.583. The van der Waals surface area contributed by atoms with Gasteiger partial charge in [-0.2, -0.15) is 20.4 Å². The van der Waals surface area contributed by atoms with Crippen molar-refractivity contribution in [3.05, 3.63) is 182 Å². The van der Waals surface area contributed by atoms with E-state index in [2.05, 4.69) is 99.9 Å². The van der Waals surface area contributed by atoms with E-state index in [4.69, 9.17) is 65.4 Å². The number of pyridine rings is 4. The van der Waals surface area contributed by atoms with Crippen LogP contribution in [-0.4, -0.2) is 308 Å². The molecule has 36 nitrogen and oxygen atoms in total. The van der Waals surface area contributed by atoms with Crippen LogP contribution in [0.1, 0.15) is 151 Å². The van der Waals surface area contributed by atoms with Gasteiger partial charge in [0.1, 0.15) is 23.3 Å². The number of amides is 4. The van der Waals surface area contributed by atoms with Crippen LogP contribution in [0.25, 0.3) is 0 Å². The summed E-state index contributed by atoms with van der Waals surface area (Å²) in [6.07, 6.45) is 31.1. The smallest absolute Gasteiger partial charge is 0.269 e. The van der Waals surface area contributed by atoms with Crippen LogP contribution < -0.4 is 61.4 Å². The van der Waals surface area contributed by atoms with Crippen molar-refractivity contribution >= 4 is 116 Å². The topological polar surface area (TPSA) is 379 Å². The molecular formula is C96H124Cl4N24O12. The number of hydrogen-bond acceptors (Lipinski definition) is 28. The summed E-state index contributed by atoms with van der Waals surface area (Å²) in [4.78, 5) is 143. The summed E-state index contributed by atoms with van der Waals surface area (Å²) < 4.78 is 25.6. The molecule has 0 saturated carbocycles. The van der Waals surface area contributed by atoms with Crippen LogP contribution in [0.3, 0.4) is 0 Å². The molecule has 8 aromatic rings. The third kappa shape index (κ3) is 23.3. The lowest BCUT2D eigenvalue weighted by Crippen LogP contribution is -2.49.